The molecule has 0 fully saturated rings. The third kappa shape index (κ3) is 2.09. The molecule has 0 heterocycles. The van der Waals surface area contributed by atoms with Crippen molar-refractivity contribution in [1.29, 1.82) is 0 Å². The van der Waals surface area contributed by atoms with E-state index in [4.69, 9.17) is 33.4 Å². The molecule has 1 rings (SSSR count). The minimum absolute atomic E-state index is 0.0121. The smallest absolute Gasteiger partial charge is 0.337 e. The minimum atomic E-state index is -1.73. The third-order valence-corrected chi connectivity index (χ3v) is 2.37. The Bertz CT molecular complexity index is 355. The molecule has 0 radical (unpaired) electrons. The number of aliphatic hydroxyl groups is 1. The second-order valence-electron chi connectivity index (χ2n) is 2.58. The molecule has 1 atom stereocenters. The summed E-state index contributed by atoms with van der Waals surface area (Å²) >= 11 is 11.1. The number of hydrogen-bond acceptors (Lipinski definition) is 3. The van der Waals surface area contributed by atoms with E-state index in [1.807, 2.05) is 0 Å². The van der Waals surface area contributed by atoms with Crippen LogP contribution in [0.2, 0.25) is 10.0 Å². The number of rotatable bonds is 2. The van der Waals surface area contributed by atoms with Gasteiger partial charge >= 0.3 is 5.97 Å². The standard InChI is InChI=1S/C8H6Cl2O4/c9-4-1-3(7(12)8(13)14)2-5(11)6(4)10/h1-2,7,11-12H,(H,13,14). The Morgan fingerprint density at radius 1 is 1.36 bits per heavy atom. The molecule has 0 bridgehead atoms. The first kappa shape index (κ1) is 11.1. The molecule has 1 unspecified atom stereocenters. The second kappa shape index (κ2) is 4.04. The summed E-state index contributed by atoms with van der Waals surface area (Å²) in [5.74, 6) is -1.79. The minimum Gasteiger partial charge on any atom is -0.506 e. The van der Waals surface area contributed by atoms with Crippen LogP contribution in [0, 0.1) is 0 Å². The Morgan fingerprint density at radius 2 is 1.93 bits per heavy atom. The van der Waals surface area contributed by atoms with E-state index in [2.05, 4.69) is 0 Å². The molecule has 3 N–H and O–H groups in total. The number of carboxylic acids is 1. The van der Waals surface area contributed by atoms with Crippen molar-refractivity contribution in [3.8, 4) is 5.75 Å². The lowest BCUT2D eigenvalue weighted by Gasteiger charge is -2.08. The fourth-order valence-corrected chi connectivity index (χ4v) is 1.23. The first-order valence-electron chi connectivity index (χ1n) is 3.52. The maximum absolute atomic E-state index is 10.4. The largest absolute Gasteiger partial charge is 0.506 e. The Morgan fingerprint density at radius 3 is 2.36 bits per heavy atom. The summed E-state index contributed by atoms with van der Waals surface area (Å²) in [5.41, 5.74) is -0.0237. The normalized spacial score (nSPS) is 12.5. The number of phenolic OH excluding ortho intramolecular Hbond substituents is 1. The molecule has 4 nitrogen and oxygen atoms in total. The van der Waals surface area contributed by atoms with Gasteiger partial charge in [0.25, 0.3) is 0 Å². The number of aliphatic carboxylic acids is 1. The predicted molar refractivity (Wildman–Crippen MR) is 50.7 cm³/mol. The van der Waals surface area contributed by atoms with Crippen molar-refractivity contribution >= 4 is 29.2 Å². The molecule has 0 aliphatic rings. The van der Waals surface area contributed by atoms with Crippen LogP contribution in [0.25, 0.3) is 0 Å². The van der Waals surface area contributed by atoms with Gasteiger partial charge in [0.05, 0.1) is 5.02 Å². The van der Waals surface area contributed by atoms with E-state index in [9.17, 15) is 9.90 Å². The van der Waals surface area contributed by atoms with Gasteiger partial charge in [-0.25, -0.2) is 4.79 Å². The van der Waals surface area contributed by atoms with Gasteiger partial charge in [-0.1, -0.05) is 23.2 Å². The lowest BCUT2D eigenvalue weighted by Crippen LogP contribution is -2.10. The van der Waals surface area contributed by atoms with Crippen molar-refractivity contribution < 1.29 is 20.1 Å². The highest BCUT2D eigenvalue weighted by molar-refractivity contribution is 6.42. The first-order chi connectivity index (χ1) is 6.43. The number of carbonyl (C=O) groups is 1. The molecule has 1 aromatic rings. The van der Waals surface area contributed by atoms with Gasteiger partial charge in [-0.3, -0.25) is 0 Å². The number of aromatic hydroxyl groups is 1. The molecule has 0 saturated heterocycles. The summed E-state index contributed by atoms with van der Waals surface area (Å²) < 4.78 is 0. The van der Waals surface area contributed by atoms with Gasteiger partial charge in [-0.05, 0) is 17.7 Å². The Balaban J connectivity index is 3.19. The molecule has 0 aromatic heterocycles. The SMILES string of the molecule is O=C(O)C(O)c1cc(O)c(Cl)c(Cl)c1. The highest BCUT2D eigenvalue weighted by Gasteiger charge is 2.18. The number of aliphatic hydroxyl groups excluding tert-OH is 1. The van der Waals surface area contributed by atoms with Crippen molar-refractivity contribution in [1.82, 2.24) is 0 Å². The maximum Gasteiger partial charge on any atom is 0.337 e. The first-order valence-corrected chi connectivity index (χ1v) is 4.28. The molecular weight excluding hydrogens is 231 g/mol. The molecule has 14 heavy (non-hydrogen) atoms. The lowest BCUT2D eigenvalue weighted by atomic mass is 10.1. The Hall–Kier alpha value is -0.970. The van der Waals surface area contributed by atoms with Crippen LogP contribution in [-0.2, 0) is 4.79 Å². The number of hydrogen-bond donors (Lipinski definition) is 3. The van der Waals surface area contributed by atoms with Gasteiger partial charge in [0, 0.05) is 0 Å². The molecule has 0 aliphatic heterocycles. The number of carboxylic acid groups (broad SMARTS) is 1. The van der Waals surface area contributed by atoms with Crippen molar-refractivity contribution in [2.75, 3.05) is 0 Å². The van der Waals surface area contributed by atoms with Gasteiger partial charge in [0.15, 0.2) is 6.10 Å². The summed E-state index contributed by atoms with van der Waals surface area (Å²) in [6, 6.07) is 2.23. The Labute approximate surface area is 89.3 Å². The van der Waals surface area contributed by atoms with Crippen LogP contribution in [0.1, 0.15) is 11.7 Å². The van der Waals surface area contributed by atoms with Crippen molar-refractivity contribution in [2.45, 2.75) is 6.10 Å². The molecule has 0 amide bonds. The number of halogens is 2. The summed E-state index contributed by atoms with van der Waals surface area (Å²) in [7, 11) is 0. The number of phenols is 1. The summed E-state index contributed by atoms with van der Waals surface area (Å²) in [4.78, 5) is 10.4. The summed E-state index contributed by atoms with van der Waals surface area (Å²) in [6.07, 6.45) is -1.73. The molecule has 76 valence electrons. The molecular formula is C8H6Cl2O4. The zero-order valence-electron chi connectivity index (χ0n) is 6.74. The van der Waals surface area contributed by atoms with Crippen LogP contribution in [-0.4, -0.2) is 21.3 Å². The van der Waals surface area contributed by atoms with E-state index in [-0.39, 0.29) is 21.4 Å². The van der Waals surface area contributed by atoms with E-state index in [0.717, 1.165) is 6.07 Å². The van der Waals surface area contributed by atoms with E-state index in [0.29, 0.717) is 0 Å². The van der Waals surface area contributed by atoms with E-state index in [1.165, 1.54) is 6.07 Å². The molecule has 6 heteroatoms. The highest BCUT2D eigenvalue weighted by atomic mass is 35.5. The zero-order valence-corrected chi connectivity index (χ0v) is 8.25. The van der Waals surface area contributed by atoms with Crippen LogP contribution in [0.3, 0.4) is 0 Å². The average Bonchev–Trinajstić information content (AvgIpc) is 2.12. The van der Waals surface area contributed by atoms with Crippen molar-refractivity contribution in [2.24, 2.45) is 0 Å². The van der Waals surface area contributed by atoms with Crippen LogP contribution in [0.5, 0.6) is 5.75 Å². The quantitative estimate of drug-likeness (QED) is 0.732. The summed E-state index contributed by atoms with van der Waals surface area (Å²) in [5, 5.41) is 26.7. The maximum atomic E-state index is 10.4. The van der Waals surface area contributed by atoms with Gasteiger partial charge < -0.3 is 15.3 Å². The number of benzene rings is 1. The third-order valence-electron chi connectivity index (χ3n) is 1.58. The molecule has 0 saturated carbocycles. The fourth-order valence-electron chi connectivity index (χ4n) is 0.895. The highest BCUT2D eigenvalue weighted by Crippen LogP contribution is 2.34. The van der Waals surface area contributed by atoms with Gasteiger partial charge in [0.1, 0.15) is 10.8 Å². The van der Waals surface area contributed by atoms with E-state index in [1.54, 1.807) is 0 Å². The van der Waals surface area contributed by atoms with E-state index >= 15 is 0 Å². The predicted octanol–water partition coefficient (Wildman–Crippen LogP) is 1.82. The van der Waals surface area contributed by atoms with Crippen LogP contribution in [0.15, 0.2) is 12.1 Å². The van der Waals surface area contributed by atoms with Crippen molar-refractivity contribution in [3.05, 3.63) is 27.7 Å². The van der Waals surface area contributed by atoms with Crippen molar-refractivity contribution in [3.63, 3.8) is 0 Å². The Kier molecular flexibility index (Phi) is 3.21. The summed E-state index contributed by atoms with van der Waals surface area (Å²) in [6.45, 7) is 0. The average molecular weight is 237 g/mol. The molecule has 0 aliphatic carbocycles. The zero-order chi connectivity index (χ0) is 10.9. The van der Waals surface area contributed by atoms with Crippen LogP contribution < -0.4 is 0 Å². The fraction of sp³-hybridized carbons (Fsp3) is 0.125. The monoisotopic (exact) mass is 236 g/mol. The van der Waals surface area contributed by atoms with Crippen LogP contribution in [0.4, 0.5) is 0 Å². The van der Waals surface area contributed by atoms with Gasteiger partial charge in [-0.2, -0.15) is 0 Å². The van der Waals surface area contributed by atoms with E-state index < -0.39 is 12.1 Å². The molecule has 1 aromatic carbocycles. The van der Waals surface area contributed by atoms with Gasteiger partial charge in [-0.15, -0.1) is 0 Å². The lowest BCUT2D eigenvalue weighted by molar-refractivity contribution is -0.146. The topological polar surface area (TPSA) is 77.8 Å². The van der Waals surface area contributed by atoms with Gasteiger partial charge in [0.2, 0.25) is 0 Å². The second-order valence-corrected chi connectivity index (χ2v) is 3.36. The van der Waals surface area contributed by atoms with Crippen LogP contribution >= 0.6 is 23.2 Å². The molecule has 0 spiro atoms.